The maximum atomic E-state index is 12.6. The van der Waals surface area contributed by atoms with E-state index in [9.17, 15) is 4.39 Å². The average molecular weight is 331 g/mol. The van der Waals surface area contributed by atoms with Crippen molar-refractivity contribution in [2.45, 2.75) is 6.61 Å². The van der Waals surface area contributed by atoms with E-state index in [1.165, 1.54) is 12.1 Å². The highest BCUT2D eigenvalue weighted by Crippen LogP contribution is 2.23. The van der Waals surface area contributed by atoms with Gasteiger partial charge in [0.1, 0.15) is 5.82 Å². The maximum Gasteiger partial charge on any atom is 0.125 e. The fraction of sp³-hybridized carbons (Fsp3) is 0.143. The van der Waals surface area contributed by atoms with Gasteiger partial charge in [-0.2, -0.15) is 0 Å². The number of hydrogen-bond donors (Lipinski definition) is 1. The Morgan fingerprint density at radius 3 is 2.64 bits per heavy atom. The molecule has 0 spiro atoms. The summed E-state index contributed by atoms with van der Waals surface area (Å²) >= 11 is 5.13. The first-order valence-corrected chi connectivity index (χ1v) is 4.76. The molecule has 0 heterocycles. The first kappa shape index (κ1) is 9.41. The summed E-state index contributed by atoms with van der Waals surface area (Å²) in [4.78, 5) is 0. The Morgan fingerprint density at radius 2 is 2.18 bits per heavy atom. The van der Waals surface area contributed by atoms with Gasteiger partial charge in [0, 0.05) is 13.6 Å². The monoisotopic (exact) mass is 330 g/mol. The predicted octanol–water partition coefficient (Wildman–Crippen LogP) is 2.69. The van der Waals surface area contributed by atoms with Gasteiger partial charge in [0.2, 0.25) is 0 Å². The molecule has 0 amide bonds. The molecule has 11 heavy (non-hydrogen) atoms. The van der Waals surface area contributed by atoms with Crippen LogP contribution in [0.1, 0.15) is 5.56 Å². The van der Waals surface area contributed by atoms with Gasteiger partial charge in [0.05, 0.1) is 6.61 Å². The van der Waals surface area contributed by atoms with E-state index in [4.69, 9.17) is 5.11 Å². The van der Waals surface area contributed by atoms with Gasteiger partial charge < -0.3 is 5.11 Å². The Labute approximate surface area is 85.9 Å². The quantitative estimate of drug-likeness (QED) is 0.785. The Hall–Kier alpha value is 0.320. The molecule has 1 nitrogen and oxygen atoms in total. The van der Waals surface area contributed by atoms with Gasteiger partial charge in [0.15, 0.2) is 0 Å². The van der Waals surface area contributed by atoms with Crippen molar-refractivity contribution in [3.8, 4) is 0 Å². The third-order valence-corrected chi connectivity index (χ3v) is 2.93. The van der Waals surface area contributed by atoms with E-state index in [0.29, 0.717) is 4.47 Å². The molecule has 0 aliphatic carbocycles. The molecular weight excluding hydrogens is 326 g/mol. The molecule has 0 bridgehead atoms. The topological polar surface area (TPSA) is 20.2 Å². The van der Waals surface area contributed by atoms with E-state index < -0.39 is 0 Å². The fourth-order valence-corrected chi connectivity index (χ4v) is 2.41. The summed E-state index contributed by atoms with van der Waals surface area (Å²) in [6.45, 7) is -0.0703. The number of aliphatic hydroxyl groups is 1. The summed E-state index contributed by atoms with van der Waals surface area (Å²) in [5.74, 6) is -0.293. The van der Waals surface area contributed by atoms with Crippen LogP contribution in [0.4, 0.5) is 4.39 Å². The first-order chi connectivity index (χ1) is 5.15. The molecule has 0 aliphatic heterocycles. The van der Waals surface area contributed by atoms with Crippen LogP contribution in [0.25, 0.3) is 0 Å². The zero-order valence-electron chi connectivity index (χ0n) is 5.44. The SMILES string of the molecule is OCc1c(Br)cc(F)cc1I. The van der Waals surface area contributed by atoms with E-state index in [2.05, 4.69) is 15.9 Å². The summed E-state index contributed by atoms with van der Waals surface area (Å²) in [7, 11) is 0. The number of rotatable bonds is 1. The summed E-state index contributed by atoms with van der Waals surface area (Å²) in [5.41, 5.74) is 0.729. The van der Waals surface area contributed by atoms with Crippen LogP contribution in [-0.4, -0.2) is 5.11 Å². The normalized spacial score (nSPS) is 10.2. The fourth-order valence-electron chi connectivity index (χ4n) is 0.723. The molecule has 60 valence electrons. The van der Waals surface area contributed by atoms with Crippen LogP contribution in [0.15, 0.2) is 16.6 Å². The van der Waals surface area contributed by atoms with Gasteiger partial charge >= 0.3 is 0 Å². The Bertz CT molecular complexity index is 254. The van der Waals surface area contributed by atoms with Crippen LogP contribution in [0.2, 0.25) is 0 Å². The smallest absolute Gasteiger partial charge is 0.125 e. The standard InChI is InChI=1S/C7H5BrFIO/c8-6-1-4(9)2-7(10)5(6)3-11/h1-2,11H,3H2. The predicted molar refractivity (Wildman–Crippen MR) is 52.7 cm³/mol. The molecular formula is C7H5BrFIO. The van der Waals surface area contributed by atoms with E-state index in [-0.39, 0.29) is 12.4 Å². The minimum Gasteiger partial charge on any atom is -0.392 e. The minimum atomic E-state index is -0.293. The number of aliphatic hydroxyl groups excluding tert-OH is 1. The first-order valence-electron chi connectivity index (χ1n) is 2.89. The Kier molecular flexibility index (Phi) is 3.27. The van der Waals surface area contributed by atoms with E-state index in [0.717, 1.165) is 9.13 Å². The maximum absolute atomic E-state index is 12.6. The summed E-state index contributed by atoms with van der Waals surface area (Å²) < 4.78 is 14.0. The van der Waals surface area contributed by atoms with Crippen LogP contribution < -0.4 is 0 Å². The van der Waals surface area contributed by atoms with Crippen molar-refractivity contribution in [1.82, 2.24) is 0 Å². The molecule has 1 aromatic rings. The molecule has 0 unspecified atom stereocenters. The molecule has 0 radical (unpaired) electrons. The Balaban J connectivity index is 3.25. The van der Waals surface area contributed by atoms with Crippen molar-refractivity contribution in [2.24, 2.45) is 0 Å². The van der Waals surface area contributed by atoms with Crippen molar-refractivity contribution in [3.05, 3.63) is 31.6 Å². The third kappa shape index (κ3) is 2.13. The van der Waals surface area contributed by atoms with Crippen molar-refractivity contribution in [3.63, 3.8) is 0 Å². The molecule has 0 fully saturated rings. The van der Waals surface area contributed by atoms with Gasteiger partial charge in [-0.25, -0.2) is 4.39 Å². The van der Waals surface area contributed by atoms with Crippen LogP contribution >= 0.6 is 38.5 Å². The van der Waals surface area contributed by atoms with Gasteiger partial charge in [0.25, 0.3) is 0 Å². The number of halogens is 3. The molecule has 0 aliphatic rings. The third-order valence-electron chi connectivity index (χ3n) is 1.26. The minimum absolute atomic E-state index is 0.0703. The van der Waals surface area contributed by atoms with Crippen LogP contribution in [0.3, 0.4) is 0 Å². The van der Waals surface area contributed by atoms with E-state index >= 15 is 0 Å². The second-order valence-corrected chi connectivity index (χ2v) is 4.02. The summed E-state index contributed by atoms with van der Waals surface area (Å²) in [6, 6.07) is 2.73. The molecule has 0 saturated heterocycles. The molecule has 0 aromatic heterocycles. The average Bonchev–Trinajstić information content (AvgIpc) is 1.85. The highest BCUT2D eigenvalue weighted by molar-refractivity contribution is 14.1. The van der Waals surface area contributed by atoms with Gasteiger partial charge in [-0.05, 0) is 34.7 Å². The van der Waals surface area contributed by atoms with Crippen LogP contribution in [0, 0.1) is 9.39 Å². The van der Waals surface area contributed by atoms with Gasteiger partial charge in [-0.15, -0.1) is 0 Å². The molecule has 1 N–H and O–H groups in total. The lowest BCUT2D eigenvalue weighted by molar-refractivity contribution is 0.280. The highest BCUT2D eigenvalue weighted by Gasteiger charge is 2.05. The zero-order valence-corrected chi connectivity index (χ0v) is 9.19. The second kappa shape index (κ2) is 3.82. The van der Waals surface area contributed by atoms with Crippen molar-refractivity contribution in [2.75, 3.05) is 0 Å². The molecule has 0 atom stereocenters. The molecule has 1 aromatic carbocycles. The largest absolute Gasteiger partial charge is 0.392 e. The highest BCUT2D eigenvalue weighted by atomic mass is 127. The zero-order chi connectivity index (χ0) is 8.43. The Morgan fingerprint density at radius 1 is 1.55 bits per heavy atom. The second-order valence-electron chi connectivity index (χ2n) is 2.01. The van der Waals surface area contributed by atoms with Crippen LogP contribution in [0.5, 0.6) is 0 Å². The van der Waals surface area contributed by atoms with E-state index in [1.54, 1.807) is 0 Å². The molecule has 0 saturated carbocycles. The van der Waals surface area contributed by atoms with Crippen molar-refractivity contribution in [1.29, 1.82) is 0 Å². The molecule has 1 rings (SSSR count). The van der Waals surface area contributed by atoms with Crippen LogP contribution in [-0.2, 0) is 6.61 Å². The lowest BCUT2D eigenvalue weighted by atomic mass is 10.2. The van der Waals surface area contributed by atoms with E-state index in [1.807, 2.05) is 22.6 Å². The lowest BCUT2D eigenvalue weighted by Gasteiger charge is -2.02. The van der Waals surface area contributed by atoms with Crippen molar-refractivity contribution < 1.29 is 9.50 Å². The summed E-state index contributed by atoms with van der Waals surface area (Å²) in [5, 5.41) is 8.83. The van der Waals surface area contributed by atoms with Crippen molar-refractivity contribution >= 4 is 38.5 Å². The number of benzene rings is 1. The summed E-state index contributed by atoms with van der Waals surface area (Å²) in [6.07, 6.45) is 0. The number of hydrogen-bond acceptors (Lipinski definition) is 1. The van der Waals surface area contributed by atoms with Gasteiger partial charge in [-0.3, -0.25) is 0 Å². The molecule has 4 heteroatoms. The lowest BCUT2D eigenvalue weighted by Crippen LogP contribution is -1.91. The van der Waals surface area contributed by atoms with Gasteiger partial charge in [-0.1, -0.05) is 15.9 Å².